The quantitative estimate of drug-likeness (QED) is 0.162. The van der Waals surface area contributed by atoms with Crippen LogP contribution in [0.1, 0.15) is 52.6 Å². The molecule has 3 saturated heterocycles. The SMILES string of the molecule is O=C1CCC(Nc2ccc(N3CCN(CC(=O)N4CCN(c5ccc(-c6cc(F)c7c(c6)C(=O)N(C(C(=O)Nc6nccs6)c6ncn8c6CCC8)C7)cc5)CC4)CC3)c(F)c2)C(=O)N1. The zero-order chi connectivity index (χ0) is 44.8. The molecule has 5 aliphatic rings. The lowest BCUT2D eigenvalue weighted by atomic mass is 9.99. The van der Waals surface area contributed by atoms with Crippen molar-refractivity contribution in [3.8, 4) is 11.1 Å². The average Bonchev–Trinajstić information content (AvgIpc) is 4.13. The molecule has 5 amide bonds. The Labute approximate surface area is 377 Å². The van der Waals surface area contributed by atoms with Crippen LogP contribution in [-0.2, 0) is 38.7 Å². The van der Waals surface area contributed by atoms with Crippen LogP contribution >= 0.6 is 11.3 Å². The number of nitrogens with one attached hydrogen (secondary N) is 3. The molecule has 3 N–H and O–H groups in total. The summed E-state index contributed by atoms with van der Waals surface area (Å²) < 4.78 is 33.2. The molecular weight excluding hydrogens is 857 g/mol. The number of thiazole rings is 1. The van der Waals surface area contributed by atoms with Crippen LogP contribution in [0.2, 0.25) is 0 Å². The molecule has 0 bridgehead atoms. The lowest BCUT2D eigenvalue weighted by molar-refractivity contribution is -0.134. The van der Waals surface area contributed by atoms with Crippen molar-refractivity contribution in [2.75, 3.05) is 79.3 Å². The molecular formula is C46H47F2N11O5S. The number of piperazine rings is 2. The van der Waals surface area contributed by atoms with Gasteiger partial charge in [-0.1, -0.05) is 12.1 Å². The molecule has 3 fully saturated rings. The molecule has 5 aliphatic heterocycles. The number of anilines is 4. The summed E-state index contributed by atoms with van der Waals surface area (Å²) in [4.78, 5) is 83.3. The standard InChI is InChI=1S/C46H47F2N11O5S/c47-34-23-29(22-32-33(34)25-59(45(32)64)42(44(63)53-46-49-11-21-65-46)41-38-2-1-12-58(38)27-50-41)28-3-6-31(7-4-28)55-17-19-57(20-18-55)40(61)26-54-13-15-56(16-14-54)37-9-5-30(24-35(37)48)51-36-8-10-39(60)52-43(36)62/h3-7,9,11,21-24,27,36,42,51H,1-2,8,10,12-20,25-26H2,(H,49,53,63)(H,52,60,62). The molecule has 3 aromatic carbocycles. The first-order chi connectivity index (χ1) is 31.6. The number of imide groups is 1. The molecule has 5 aromatic rings. The first-order valence-corrected chi connectivity index (χ1v) is 22.8. The Morgan fingerprint density at radius 2 is 1.63 bits per heavy atom. The monoisotopic (exact) mass is 903 g/mol. The molecule has 16 nitrogen and oxygen atoms in total. The van der Waals surface area contributed by atoms with Gasteiger partial charge in [0.1, 0.15) is 17.7 Å². The van der Waals surface area contributed by atoms with Crippen LogP contribution in [0.4, 0.5) is 31.0 Å². The summed E-state index contributed by atoms with van der Waals surface area (Å²) >= 11 is 1.27. The molecule has 2 unspecified atom stereocenters. The van der Waals surface area contributed by atoms with Crippen molar-refractivity contribution >= 4 is 63.1 Å². The molecule has 7 heterocycles. The predicted octanol–water partition coefficient (Wildman–Crippen LogP) is 4.25. The van der Waals surface area contributed by atoms with Gasteiger partial charge < -0.3 is 29.5 Å². The van der Waals surface area contributed by atoms with E-state index in [0.29, 0.717) is 86.5 Å². The Bertz CT molecular complexity index is 2660. The number of hydrogen-bond acceptors (Lipinski definition) is 12. The number of nitrogens with zero attached hydrogens (tertiary/aromatic N) is 8. The number of benzene rings is 3. The largest absolute Gasteiger partial charge is 0.374 e. The molecule has 2 atom stereocenters. The van der Waals surface area contributed by atoms with Gasteiger partial charge in [-0.2, -0.15) is 0 Å². The average molecular weight is 904 g/mol. The third kappa shape index (κ3) is 8.52. The van der Waals surface area contributed by atoms with Crippen LogP contribution in [0, 0.1) is 11.6 Å². The summed E-state index contributed by atoms with van der Waals surface area (Å²) in [6.45, 7) is 5.72. The number of amides is 5. The predicted molar refractivity (Wildman–Crippen MR) is 239 cm³/mol. The highest BCUT2D eigenvalue weighted by atomic mass is 32.1. The second-order valence-electron chi connectivity index (χ2n) is 17.0. The summed E-state index contributed by atoms with van der Waals surface area (Å²) in [6.07, 6.45) is 5.51. The maximum Gasteiger partial charge on any atom is 0.255 e. The minimum absolute atomic E-state index is 0.0514. The first-order valence-electron chi connectivity index (χ1n) is 21.9. The van der Waals surface area contributed by atoms with Gasteiger partial charge in [-0.05, 0) is 72.9 Å². The van der Waals surface area contributed by atoms with E-state index in [1.54, 1.807) is 36.1 Å². The number of piperidine rings is 1. The summed E-state index contributed by atoms with van der Waals surface area (Å²) in [5.74, 6) is -2.48. The molecule has 0 aliphatic carbocycles. The second kappa shape index (κ2) is 17.7. The van der Waals surface area contributed by atoms with Crippen molar-refractivity contribution in [3.63, 3.8) is 0 Å². The third-order valence-electron chi connectivity index (χ3n) is 13.1. The van der Waals surface area contributed by atoms with E-state index in [4.69, 9.17) is 0 Å². The van der Waals surface area contributed by atoms with Crippen LogP contribution < -0.4 is 25.8 Å². The van der Waals surface area contributed by atoms with Gasteiger partial charge in [0.2, 0.25) is 17.7 Å². The maximum absolute atomic E-state index is 15.9. The Balaban J connectivity index is 0.725. The van der Waals surface area contributed by atoms with Crippen molar-refractivity contribution < 1.29 is 32.8 Å². The van der Waals surface area contributed by atoms with Gasteiger partial charge in [0, 0.05) is 105 Å². The summed E-state index contributed by atoms with van der Waals surface area (Å²) in [6, 6.07) is 14.0. The number of halogens is 2. The molecule has 65 heavy (non-hydrogen) atoms. The van der Waals surface area contributed by atoms with Crippen molar-refractivity contribution in [2.24, 2.45) is 0 Å². The fraction of sp³-hybridized carbons (Fsp3) is 0.370. The van der Waals surface area contributed by atoms with Gasteiger partial charge in [-0.3, -0.25) is 39.5 Å². The highest BCUT2D eigenvalue weighted by Gasteiger charge is 2.42. The molecule has 19 heteroatoms. The highest BCUT2D eigenvalue weighted by molar-refractivity contribution is 7.13. The van der Waals surface area contributed by atoms with Crippen LogP contribution in [-0.4, -0.2) is 124 Å². The number of hydrogen-bond donors (Lipinski definition) is 3. The zero-order valence-electron chi connectivity index (χ0n) is 35.5. The Morgan fingerprint density at radius 3 is 2.37 bits per heavy atom. The van der Waals surface area contributed by atoms with Gasteiger partial charge >= 0.3 is 0 Å². The number of aryl methyl sites for hydroxylation is 1. The normalized spacial score (nSPS) is 19.3. The number of rotatable bonds is 11. The fourth-order valence-corrected chi connectivity index (χ4v) is 10.1. The van der Waals surface area contributed by atoms with E-state index in [0.717, 1.165) is 36.3 Å². The summed E-state index contributed by atoms with van der Waals surface area (Å²) in [5, 5.41) is 10.3. The Morgan fingerprint density at radius 1 is 0.846 bits per heavy atom. The van der Waals surface area contributed by atoms with Crippen LogP contribution in [0.3, 0.4) is 0 Å². The van der Waals surface area contributed by atoms with E-state index >= 15 is 8.78 Å². The third-order valence-corrected chi connectivity index (χ3v) is 13.8. The fourth-order valence-electron chi connectivity index (χ4n) is 9.57. The van der Waals surface area contributed by atoms with E-state index in [-0.39, 0.29) is 42.5 Å². The van der Waals surface area contributed by atoms with E-state index < -0.39 is 41.4 Å². The number of aromatic nitrogens is 3. The maximum atomic E-state index is 15.9. The van der Waals surface area contributed by atoms with E-state index in [9.17, 15) is 24.0 Å². The molecule has 0 saturated carbocycles. The number of imidazole rings is 1. The lowest BCUT2D eigenvalue weighted by Crippen LogP contribution is -2.54. The van der Waals surface area contributed by atoms with Crippen molar-refractivity contribution in [1.29, 1.82) is 0 Å². The van der Waals surface area contributed by atoms with Gasteiger partial charge in [0.25, 0.3) is 11.8 Å². The van der Waals surface area contributed by atoms with Crippen molar-refractivity contribution in [3.05, 3.63) is 107 Å². The second-order valence-corrected chi connectivity index (χ2v) is 17.9. The molecule has 10 rings (SSSR count). The molecule has 336 valence electrons. The smallest absolute Gasteiger partial charge is 0.255 e. The molecule has 2 aromatic heterocycles. The highest BCUT2D eigenvalue weighted by Crippen LogP contribution is 2.38. The van der Waals surface area contributed by atoms with Crippen molar-refractivity contribution in [2.45, 2.75) is 50.9 Å². The van der Waals surface area contributed by atoms with Crippen LogP contribution in [0.25, 0.3) is 11.1 Å². The van der Waals surface area contributed by atoms with Gasteiger partial charge in [0.05, 0.1) is 30.8 Å². The first kappa shape index (κ1) is 42.2. The number of carbonyl (C=O) groups is 5. The van der Waals surface area contributed by atoms with Crippen molar-refractivity contribution in [1.82, 2.24) is 34.6 Å². The minimum atomic E-state index is -1.06. The number of carbonyl (C=O) groups excluding carboxylic acids is 5. The van der Waals surface area contributed by atoms with Gasteiger partial charge in [0.15, 0.2) is 11.2 Å². The summed E-state index contributed by atoms with van der Waals surface area (Å²) in [7, 11) is 0. The number of fused-ring (bicyclic) bond motifs is 2. The lowest BCUT2D eigenvalue weighted by Gasteiger charge is -2.39. The Hall–Kier alpha value is -6.73. The molecule has 0 radical (unpaired) electrons. The zero-order valence-corrected chi connectivity index (χ0v) is 36.3. The van der Waals surface area contributed by atoms with Crippen LogP contribution in [0.5, 0.6) is 0 Å². The van der Waals surface area contributed by atoms with E-state index in [1.165, 1.54) is 28.4 Å². The summed E-state index contributed by atoms with van der Waals surface area (Å²) in [5.41, 5.74) is 5.05. The van der Waals surface area contributed by atoms with E-state index in [2.05, 4.69) is 35.7 Å². The van der Waals surface area contributed by atoms with Gasteiger partial charge in [-0.15, -0.1) is 11.3 Å². The van der Waals surface area contributed by atoms with E-state index in [1.807, 2.05) is 38.6 Å². The topological polar surface area (TPSA) is 168 Å². The van der Waals surface area contributed by atoms with Gasteiger partial charge in [-0.25, -0.2) is 18.7 Å². The van der Waals surface area contributed by atoms with Crippen LogP contribution in [0.15, 0.2) is 72.5 Å². The minimum Gasteiger partial charge on any atom is -0.374 e. The Kier molecular flexibility index (Phi) is 11.5. The molecule has 0 spiro atoms.